The van der Waals surface area contributed by atoms with Crippen LogP contribution in [0.25, 0.3) is 0 Å². The van der Waals surface area contributed by atoms with Crippen LogP contribution in [0.1, 0.15) is 37.8 Å². The molecule has 0 radical (unpaired) electrons. The Morgan fingerprint density at radius 3 is 3.22 bits per heavy atom. The number of nitrogens with one attached hydrogen (secondary N) is 1. The van der Waals surface area contributed by atoms with Crippen molar-refractivity contribution in [1.29, 1.82) is 5.26 Å². The number of nitriles is 1. The van der Waals surface area contributed by atoms with E-state index in [1.807, 2.05) is 12.1 Å². The van der Waals surface area contributed by atoms with Gasteiger partial charge in [0.05, 0.1) is 6.10 Å². The quantitative estimate of drug-likeness (QED) is 0.810. The minimum absolute atomic E-state index is 0.452. The zero-order valence-corrected chi connectivity index (χ0v) is 10.6. The van der Waals surface area contributed by atoms with E-state index in [1.165, 1.54) is 19.3 Å². The van der Waals surface area contributed by atoms with Crippen LogP contribution in [-0.2, 0) is 4.74 Å². The van der Waals surface area contributed by atoms with Gasteiger partial charge in [0.2, 0.25) is 0 Å². The van der Waals surface area contributed by atoms with Crippen LogP contribution in [0.3, 0.4) is 0 Å². The number of pyridine rings is 1. The Morgan fingerprint density at radius 1 is 1.50 bits per heavy atom. The Labute approximate surface area is 108 Å². The highest BCUT2D eigenvalue weighted by molar-refractivity contribution is 5.45. The van der Waals surface area contributed by atoms with E-state index < -0.39 is 0 Å². The second kappa shape index (κ2) is 6.97. The van der Waals surface area contributed by atoms with E-state index in [0.717, 1.165) is 31.7 Å². The smallest absolute Gasteiger partial charge is 0.142 e. The maximum Gasteiger partial charge on any atom is 0.142 e. The molecule has 0 spiro atoms. The molecule has 0 aliphatic carbocycles. The van der Waals surface area contributed by atoms with Crippen molar-refractivity contribution in [1.82, 2.24) is 4.98 Å². The lowest BCUT2D eigenvalue weighted by Gasteiger charge is -2.22. The van der Waals surface area contributed by atoms with E-state index in [1.54, 1.807) is 12.3 Å². The highest BCUT2D eigenvalue weighted by Crippen LogP contribution is 2.17. The molecule has 96 valence electrons. The lowest BCUT2D eigenvalue weighted by Crippen LogP contribution is -2.19. The van der Waals surface area contributed by atoms with Crippen LogP contribution >= 0.6 is 0 Å². The Hall–Kier alpha value is -1.60. The first kappa shape index (κ1) is 12.8. The Bertz CT molecular complexity index is 408. The van der Waals surface area contributed by atoms with Gasteiger partial charge in [0.15, 0.2) is 0 Å². The topological polar surface area (TPSA) is 57.9 Å². The summed E-state index contributed by atoms with van der Waals surface area (Å²) in [6.45, 7) is 1.84. The molecule has 1 atom stereocenters. The lowest BCUT2D eigenvalue weighted by molar-refractivity contribution is 0.0107. The maximum atomic E-state index is 8.75. The number of anilines is 1. The van der Waals surface area contributed by atoms with Crippen molar-refractivity contribution in [2.24, 2.45) is 0 Å². The minimum atomic E-state index is 0.452. The zero-order valence-electron chi connectivity index (χ0n) is 10.6. The fourth-order valence-corrected chi connectivity index (χ4v) is 2.20. The summed E-state index contributed by atoms with van der Waals surface area (Å²) < 4.78 is 5.69. The molecule has 1 aromatic heterocycles. The minimum Gasteiger partial charge on any atom is -0.385 e. The molecule has 1 saturated heterocycles. The molecule has 1 N–H and O–H groups in total. The third-order valence-corrected chi connectivity index (χ3v) is 3.18. The summed E-state index contributed by atoms with van der Waals surface area (Å²) in [5.74, 6) is 0. The largest absolute Gasteiger partial charge is 0.385 e. The molecule has 2 rings (SSSR count). The van der Waals surface area contributed by atoms with Gasteiger partial charge in [-0.05, 0) is 44.2 Å². The van der Waals surface area contributed by atoms with Crippen LogP contribution in [0, 0.1) is 11.3 Å². The molecule has 2 heterocycles. The second-order valence-corrected chi connectivity index (χ2v) is 4.60. The summed E-state index contributed by atoms with van der Waals surface area (Å²) in [6, 6.07) is 5.70. The van der Waals surface area contributed by atoms with Gasteiger partial charge in [-0.15, -0.1) is 0 Å². The molecule has 18 heavy (non-hydrogen) atoms. The van der Waals surface area contributed by atoms with Crippen molar-refractivity contribution in [3.8, 4) is 6.07 Å². The SMILES string of the molecule is N#Cc1cc(NCCCC2CCCCO2)ccn1. The molecular formula is C14H19N3O. The van der Waals surface area contributed by atoms with Gasteiger partial charge < -0.3 is 10.1 Å². The molecule has 1 fully saturated rings. The van der Waals surface area contributed by atoms with Gasteiger partial charge in [-0.3, -0.25) is 0 Å². The summed E-state index contributed by atoms with van der Waals surface area (Å²) in [7, 11) is 0. The predicted molar refractivity (Wildman–Crippen MR) is 70.3 cm³/mol. The van der Waals surface area contributed by atoms with Gasteiger partial charge in [-0.2, -0.15) is 5.26 Å². The van der Waals surface area contributed by atoms with E-state index in [-0.39, 0.29) is 0 Å². The number of aromatic nitrogens is 1. The first-order valence-corrected chi connectivity index (χ1v) is 6.60. The highest BCUT2D eigenvalue weighted by Gasteiger charge is 2.12. The van der Waals surface area contributed by atoms with Gasteiger partial charge >= 0.3 is 0 Å². The van der Waals surface area contributed by atoms with Crippen molar-refractivity contribution in [2.45, 2.75) is 38.2 Å². The van der Waals surface area contributed by atoms with Crippen LogP contribution < -0.4 is 5.32 Å². The van der Waals surface area contributed by atoms with Crippen LogP contribution in [0.5, 0.6) is 0 Å². The molecule has 0 saturated carbocycles. The second-order valence-electron chi connectivity index (χ2n) is 4.60. The molecule has 1 aromatic rings. The van der Waals surface area contributed by atoms with Gasteiger partial charge in [-0.25, -0.2) is 4.98 Å². The molecule has 0 bridgehead atoms. The van der Waals surface area contributed by atoms with E-state index in [9.17, 15) is 0 Å². The van der Waals surface area contributed by atoms with Gasteiger partial charge in [0, 0.05) is 25.0 Å². The highest BCUT2D eigenvalue weighted by atomic mass is 16.5. The summed E-state index contributed by atoms with van der Waals surface area (Å²) in [4.78, 5) is 3.94. The van der Waals surface area contributed by atoms with E-state index in [4.69, 9.17) is 10.00 Å². The van der Waals surface area contributed by atoms with Crippen LogP contribution in [0.2, 0.25) is 0 Å². The van der Waals surface area contributed by atoms with Crippen LogP contribution in [0.15, 0.2) is 18.3 Å². The lowest BCUT2D eigenvalue weighted by atomic mass is 10.0. The molecule has 1 aliphatic heterocycles. The van der Waals surface area contributed by atoms with Crippen molar-refractivity contribution >= 4 is 5.69 Å². The Balaban J connectivity index is 1.67. The van der Waals surface area contributed by atoms with E-state index in [0.29, 0.717) is 11.8 Å². The van der Waals surface area contributed by atoms with Gasteiger partial charge in [-0.1, -0.05) is 0 Å². The van der Waals surface area contributed by atoms with E-state index >= 15 is 0 Å². The average molecular weight is 245 g/mol. The van der Waals surface area contributed by atoms with Gasteiger partial charge in [0.1, 0.15) is 11.8 Å². The third-order valence-electron chi connectivity index (χ3n) is 3.18. The normalized spacial score (nSPS) is 19.2. The molecule has 4 heteroatoms. The van der Waals surface area contributed by atoms with Crippen molar-refractivity contribution in [3.63, 3.8) is 0 Å². The summed E-state index contributed by atoms with van der Waals surface area (Å²) >= 11 is 0. The molecular weight excluding hydrogens is 226 g/mol. The summed E-state index contributed by atoms with van der Waals surface area (Å²) in [5, 5.41) is 12.1. The number of hydrogen-bond donors (Lipinski definition) is 1. The summed E-state index contributed by atoms with van der Waals surface area (Å²) in [6.07, 6.45) is 8.03. The van der Waals surface area contributed by atoms with Crippen molar-refractivity contribution < 1.29 is 4.74 Å². The van der Waals surface area contributed by atoms with Gasteiger partial charge in [0.25, 0.3) is 0 Å². The first-order valence-electron chi connectivity index (χ1n) is 6.60. The third kappa shape index (κ3) is 4.01. The fourth-order valence-electron chi connectivity index (χ4n) is 2.20. The van der Waals surface area contributed by atoms with Crippen molar-refractivity contribution in [2.75, 3.05) is 18.5 Å². The van der Waals surface area contributed by atoms with Crippen LogP contribution in [0.4, 0.5) is 5.69 Å². The molecule has 0 amide bonds. The Morgan fingerprint density at radius 2 is 2.44 bits per heavy atom. The first-order chi connectivity index (χ1) is 8.88. The molecule has 0 aromatic carbocycles. The number of rotatable bonds is 5. The number of nitrogens with zero attached hydrogens (tertiary/aromatic N) is 2. The zero-order chi connectivity index (χ0) is 12.6. The number of ether oxygens (including phenoxy) is 1. The van der Waals surface area contributed by atoms with Crippen molar-refractivity contribution in [3.05, 3.63) is 24.0 Å². The Kier molecular flexibility index (Phi) is 4.98. The van der Waals surface area contributed by atoms with E-state index in [2.05, 4.69) is 10.3 Å². The average Bonchev–Trinajstić information content (AvgIpc) is 2.45. The maximum absolute atomic E-state index is 8.75. The molecule has 4 nitrogen and oxygen atoms in total. The predicted octanol–water partition coefficient (Wildman–Crippen LogP) is 2.71. The molecule has 1 unspecified atom stereocenters. The summed E-state index contributed by atoms with van der Waals surface area (Å²) in [5.41, 5.74) is 1.42. The number of hydrogen-bond acceptors (Lipinski definition) is 4. The fraction of sp³-hybridized carbons (Fsp3) is 0.571. The standard InChI is InChI=1S/C14H19N3O/c15-11-13-10-12(6-8-17-13)16-7-3-5-14-4-1-2-9-18-14/h6,8,10,14H,1-5,7,9H2,(H,16,17). The molecule has 1 aliphatic rings. The monoisotopic (exact) mass is 245 g/mol. The van der Waals surface area contributed by atoms with Crippen LogP contribution in [-0.4, -0.2) is 24.2 Å².